The largest absolute Gasteiger partial charge is 0.384 e. The maximum absolute atomic E-state index is 12.8. The van der Waals surface area contributed by atoms with E-state index in [0.29, 0.717) is 41.7 Å². The highest BCUT2D eigenvalue weighted by atomic mass is 35.5. The second kappa shape index (κ2) is 10.9. The first-order valence-corrected chi connectivity index (χ1v) is 11.8. The predicted molar refractivity (Wildman–Crippen MR) is 124 cm³/mol. The van der Waals surface area contributed by atoms with Crippen molar-refractivity contribution in [3.8, 4) is 0 Å². The molecule has 0 aromatic heterocycles. The average Bonchev–Trinajstić information content (AvgIpc) is 2.71. The highest BCUT2D eigenvalue weighted by molar-refractivity contribution is 7.89. The van der Waals surface area contributed by atoms with Gasteiger partial charge in [-0.25, -0.2) is 8.42 Å². The normalized spacial score (nSPS) is 11.4. The van der Waals surface area contributed by atoms with Gasteiger partial charge >= 0.3 is 0 Å². The first-order valence-electron chi connectivity index (χ1n) is 9.60. The lowest BCUT2D eigenvalue weighted by molar-refractivity contribution is -0.114. The number of sulfonamides is 1. The molecular weight excluding hydrogens is 447 g/mol. The lowest BCUT2D eigenvalue weighted by Gasteiger charge is -2.20. The molecule has 0 atom stereocenters. The van der Waals surface area contributed by atoms with Crippen molar-refractivity contribution < 1.29 is 13.2 Å². The van der Waals surface area contributed by atoms with E-state index in [0.717, 1.165) is 0 Å². The van der Waals surface area contributed by atoms with Crippen LogP contribution >= 0.6 is 23.2 Å². The summed E-state index contributed by atoms with van der Waals surface area (Å²) in [6, 6.07) is 9.74. The van der Waals surface area contributed by atoms with Gasteiger partial charge in [-0.15, -0.1) is 0 Å². The molecule has 0 fully saturated rings. The Bertz CT molecular complexity index is 996. The molecule has 1 amide bonds. The molecule has 0 aliphatic rings. The number of rotatable bonds is 10. The van der Waals surface area contributed by atoms with Crippen LogP contribution in [0.5, 0.6) is 0 Å². The van der Waals surface area contributed by atoms with E-state index in [4.69, 9.17) is 23.2 Å². The summed E-state index contributed by atoms with van der Waals surface area (Å²) in [6.07, 6.45) is 0. The van der Waals surface area contributed by atoms with Gasteiger partial charge in [0, 0.05) is 19.6 Å². The Labute approximate surface area is 187 Å². The van der Waals surface area contributed by atoms with Gasteiger partial charge in [-0.3, -0.25) is 4.79 Å². The SMILES string of the molecule is CCNc1ccc(S(=O)(=O)N(CC)CC)cc1NCC(=O)Nc1cccc(Cl)c1Cl. The molecule has 0 saturated heterocycles. The maximum atomic E-state index is 12.8. The molecule has 2 rings (SSSR count). The molecule has 0 heterocycles. The number of nitrogens with one attached hydrogen (secondary N) is 3. The van der Waals surface area contributed by atoms with Crippen LogP contribution in [0.2, 0.25) is 10.0 Å². The number of benzene rings is 2. The molecular formula is C20H26Cl2N4O3S. The molecule has 2 aromatic carbocycles. The second-order valence-corrected chi connectivity index (χ2v) is 9.05. The van der Waals surface area contributed by atoms with Gasteiger partial charge in [-0.2, -0.15) is 4.31 Å². The average molecular weight is 473 g/mol. The minimum Gasteiger partial charge on any atom is -0.384 e. The molecule has 0 spiro atoms. The van der Waals surface area contributed by atoms with Gasteiger partial charge in [0.05, 0.1) is 38.5 Å². The summed E-state index contributed by atoms with van der Waals surface area (Å²) in [5.41, 5.74) is 1.61. The minimum absolute atomic E-state index is 0.0873. The molecule has 30 heavy (non-hydrogen) atoms. The fraction of sp³-hybridized carbons (Fsp3) is 0.350. The summed E-state index contributed by atoms with van der Waals surface area (Å²) in [6.45, 7) is 6.81. The van der Waals surface area contributed by atoms with Crippen LogP contribution < -0.4 is 16.0 Å². The lowest BCUT2D eigenvalue weighted by atomic mass is 10.2. The highest BCUT2D eigenvalue weighted by Gasteiger charge is 2.22. The number of halogens is 2. The number of nitrogens with zero attached hydrogens (tertiary/aromatic N) is 1. The van der Waals surface area contributed by atoms with Gasteiger partial charge in [0.15, 0.2) is 0 Å². The third-order valence-corrected chi connectivity index (χ3v) is 7.23. The summed E-state index contributed by atoms with van der Waals surface area (Å²) >= 11 is 12.1. The van der Waals surface area contributed by atoms with Crippen LogP contribution in [0.1, 0.15) is 20.8 Å². The molecule has 164 valence electrons. The lowest BCUT2D eigenvalue weighted by Crippen LogP contribution is -2.30. The molecule has 7 nitrogen and oxygen atoms in total. The van der Waals surface area contributed by atoms with Crippen molar-refractivity contribution in [1.29, 1.82) is 0 Å². The minimum atomic E-state index is -3.62. The Hall–Kier alpha value is -2.00. The number of carbonyl (C=O) groups excluding carboxylic acids is 1. The Morgan fingerprint density at radius 1 is 0.967 bits per heavy atom. The third kappa shape index (κ3) is 5.78. The summed E-state index contributed by atoms with van der Waals surface area (Å²) in [5.74, 6) is -0.349. The van der Waals surface area contributed by atoms with E-state index in [1.54, 1.807) is 44.2 Å². The monoisotopic (exact) mass is 472 g/mol. The van der Waals surface area contributed by atoms with Crippen LogP contribution in [-0.4, -0.2) is 44.8 Å². The topological polar surface area (TPSA) is 90.5 Å². The van der Waals surface area contributed by atoms with Crippen molar-refractivity contribution in [3.63, 3.8) is 0 Å². The van der Waals surface area contributed by atoms with Gasteiger partial charge in [0.25, 0.3) is 0 Å². The third-order valence-electron chi connectivity index (χ3n) is 4.37. The van der Waals surface area contributed by atoms with Crippen LogP contribution in [0.25, 0.3) is 0 Å². The highest BCUT2D eigenvalue weighted by Crippen LogP contribution is 2.30. The van der Waals surface area contributed by atoms with E-state index in [1.807, 2.05) is 6.92 Å². The molecule has 0 aliphatic carbocycles. The first-order chi connectivity index (χ1) is 14.2. The number of anilines is 3. The maximum Gasteiger partial charge on any atom is 0.243 e. The molecule has 0 bridgehead atoms. The summed E-state index contributed by atoms with van der Waals surface area (Å²) in [5, 5.41) is 9.45. The number of amides is 1. The Balaban J connectivity index is 2.22. The Morgan fingerprint density at radius 3 is 2.30 bits per heavy atom. The van der Waals surface area contributed by atoms with Gasteiger partial charge < -0.3 is 16.0 Å². The smallest absolute Gasteiger partial charge is 0.243 e. The summed E-state index contributed by atoms with van der Waals surface area (Å²) in [7, 11) is -3.62. The Kier molecular flexibility index (Phi) is 8.78. The molecule has 0 unspecified atom stereocenters. The number of carbonyl (C=O) groups is 1. The van der Waals surface area contributed by atoms with E-state index in [9.17, 15) is 13.2 Å². The zero-order chi connectivity index (χ0) is 22.3. The molecule has 0 aliphatic heterocycles. The second-order valence-electron chi connectivity index (χ2n) is 6.33. The van der Waals surface area contributed by atoms with E-state index in [1.165, 1.54) is 10.4 Å². The number of hydrogen-bond donors (Lipinski definition) is 3. The molecule has 10 heteroatoms. The molecule has 3 N–H and O–H groups in total. The van der Waals surface area contributed by atoms with Crippen molar-refractivity contribution in [2.24, 2.45) is 0 Å². The summed E-state index contributed by atoms with van der Waals surface area (Å²) in [4.78, 5) is 12.5. The van der Waals surface area contributed by atoms with Crippen LogP contribution in [0.15, 0.2) is 41.3 Å². The van der Waals surface area contributed by atoms with E-state index >= 15 is 0 Å². The van der Waals surface area contributed by atoms with E-state index in [2.05, 4.69) is 16.0 Å². The quantitative estimate of drug-likeness (QED) is 0.473. The standard InChI is InChI=1S/C20H26Cl2N4O3S/c1-4-23-16-11-10-14(30(28,29)26(5-2)6-3)12-18(16)24-13-19(27)25-17-9-7-8-15(21)20(17)22/h7-12,23-24H,4-6,13H2,1-3H3,(H,25,27). The molecule has 0 radical (unpaired) electrons. The van der Waals surface area contributed by atoms with Crippen LogP contribution in [0, 0.1) is 0 Å². The zero-order valence-electron chi connectivity index (χ0n) is 17.1. The van der Waals surface area contributed by atoms with Gasteiger partial charge in [0.2, 0.25) is 15.9 Å². The first kappa shape index (κ1) is 24.3. The fourth-order valence-electron chi connectivity index (χ4n) is 2.86. The van der Waals surface area contributed by atoms with E-state index < -0.39 is 10.0 Å². The predicted octanol–water partition coefficient (Wildman–Crippen LogP) is 4.51. The van der Waals surface area contributed by atoms with Crippen molar-refractivity contribution >= 4 is 56.2 Å². The van der Waals surface area contributed by atoms with Crippen LogP contribution in [-0.2, 0) is 14.8 Å². The van der Waals surface area contributed by atoms with Crippen molar-refractivity contribution in [2.45, 2.75) is 25.7 Å². The number of hydrogen-bond acceptors (Lipinski definition) is 5. The van der Waals surface area contributed by atoms with Crippen molar-refractivity contribution in [3.05, 3.63) is 46.4 Å². The van der Waals surface area contributed by atoms with Gasteiger partial charge in [0.1, 0.15) is 0 Å². The van der Waals surface area contributed by atoms with Crippen molar-refractivity contribution in [2.75, 3.05) is 42.1 Å². The van der Waals surface area contributed by atoms with Crippen LogP contribution in [0.3, 0.4) is 0 Å². The molecule has 2 aromatic rings. The zero-order valence-corrected chi connectivity index (χ0v) is 19.5. The Morgan fingerprint density at radius 2 is 1.67 bits per heavy atom. The molecule has 0 saturated carbocycles. The van der Waals surface area contributed by atoms with Gasteiger partial charge in [-0.1, -0.05) is 43.1 Å². The van der Waals surface area contributed by atoms with Crippen LogP contribution in [0.4, 0.5) is 17.1 Å². The van der Waals surface area contributed by atoms with Crippen molar-refractivity contribution in [1.82, 2.24) is 4.31 Å². The van der Waals surface area contributed by atoms with E-state index in [-0.39, 0.29) is 22.4 Å². The van der Waals surface area contributed by atoms with Gasteiger partial charge in [-0.05, 0) is 37.3 Å². The fourth-order valence-corrected chi connectivity index (χ4v) is 4.69. The summed E-state index contributed by atoms with van der Waals surface area (Å²) < 4.78 is 27.1.